The lowest BCUT2D eigenvalue weighted by molar-refractivity contribution is -0.135. The summed E-state index contributed by atoms with van der Waals surface area (Å²) < 4.78 is 10.3. The lowest BCUT2D eigenvalue weighted by Gasteiger charge is -2.10. The van der Waals surface area contributed by atoms with Gasteiger partial charge in [0.1, 0.15) is 17.2 Å². The Morgan fingerprint density at radius 3 is 1.82 bits per heavy atom. The van der Waals surface area contributed by atoms with Crippen LogP contribution in [0.25, 0.3) is 5.57 Å². The molecule has 0 bridgehead atoms. The lowest BCUT2D eigenvalue weighted by Crippen LogP contribution is -2.27. The minimum atomic E-state index is -0.433. The number of hydrogen-bond acceptors (Lipinski definition) is 6. The summed E-state index contributed by atoms with van der Waals surface area (Å²) >= 11 is 0. The number of likely N-dealkylation sites (N-methyl/N-ethyl adjacent to an activating group) is 1. The molecule has 34 heavy (non-hydrogen) atoms. The Morgan fingerprint density at radius 1 is 0.735 bits per heavy atom. The molecule has 0 spiro atoms. The monoisotopic (exact) mass is 457 g/mol. The molecule has 0 atom stereocenters. The number of hydrogen-bond donors (Lipinski definition) is 2. The van der Waals surface area contributed by atoms with Crippen molar-refractivity contribution in [2.75, 3.05) is 31.9 Å². The maximum absolute atomic E-state index is 12.7. The van der Waals surface area contributed by atoms with Gasteiger partial charge in [-0.3, -0.25) is 19.3 Å². The highest BCUT2D eigenvalue weighted by molar-refractivity contribution is 6.36. The molecule has 4 rings (SSSR count). The van der Waals surface area contributed by atoms with Crippen molar-refractivity contribution in [3.63, 3.8) is 0 Å². The van der Waals surface area contributed by atoms with Crippen molar-refractivity contribution < 1.29 is 23.9 Å². The van der Waals surface area contributed by atoms with Crippen molar-refractivity contribution >= 4 is 34.7 Å². The number of methoxy groups -OCH3 is 2. The Morgan fingerprint density at radius 2 is 1.26 bits per heavy atom. The summed E-state index contributed by atoms with van der Waals surface area (Å²) in [6, 6.07) is 20.6. The second kappa shape index (κ2) is 9.50. The molecule has 0 unspecified atom stereocenters. The number of amides is 3. The van der Waals surface area contributed by atoms with Gasteiger partial charge in [0.25, 0.3) is 17.7 Å². The first-order chi connectivity index (χ1) is 16.4. The topological polar surface area (TPSA) is 97.0 Å². The standard InChI is InChI=1S/C26H23N3O5/c1-29-25(31)22(16-6-12-20(33-2)13-7-16)23(26(29)32)27-18-8-4-17(5-9-18)24(30)28-19-10-14-21(34-3)15-11-19/h4-15,27H,1-3H3,(H,28,30). The summed E-state index contributed by atoms with van der Waals surface area (Å²) in [6.07, 6.45) is 0. The van der Waals surface area contributed by atoms with Crippen LogP contribution in [0, 0.1) is 0 Å². The zero-order chi connectivity index (χ0) is 24.2. The van der Waals surface area contributed by atoms with Crippen LogP contribution in [0.1, 0.15) is 15.9 Å². The SMILES string of the molecule is COc1ccc(NC(=O)c2ccc(NC3=C(c4ccc(OC)cc4)C(=O)N(C)C3=O)cc2)cc1. The van der Waals surface area contributed by atoms with E-state index in [-0.39, 0.29) is 17.2 Å². The van der Waals surface area contributed by atoms with Gasteiger partial charge in [-0.05, 0) is 66.2 Å². The predicted molar refractivity (Wildman–Crippen MR) is 129 cm³/mol. The van der Waals surface area contributed by atoms with Crippen LogP contribution in [0.5, 0.6) is 11.5 Å². The maximum Gasteiger partial charge on any atom is 0.277 e. The van der Waals surface area contributed by atoms with Crippen LogP contribution in [-0.2, 0) is 9.59 Å². The Labute approximate surface area is 196 Å². The van der Waals surface area contributed by atoms with Crippen LogP contribution in [0.15, 0.2) is 78.5 Å². The van der Waals surface area contributed by atoms with Crippen molar-refractivity contribution in [1.29, 1.82) is 0 Å². The van der Waals surface area contributed by atoms with E-state index in [0.717, 1.165) is 4.90 Å². The average molecular weight is 457 g/mol. The van der Waals surface area contributed by atoms with Crippen LogP contribution in [0.3, 0.4) is 0 Å². The molecule has 1 heterocycles. The number of nitrogens with one attached hydrogen (secondary N) is 2. The average Bonchev–Trinajstić information content (AvgIpc) is 3.08. The molecule has 8 nitrogen and oxygen atoms in total. The van der Waals surface area contributed by atoms with Gasteiger partial charge in [-0.15, -0.1) is 0 Å². The first kappa shape index (κ1) is 22.6. The fraction of sp³-hybridized carbons (Fsp3) is 0.115. The van der Waals surface area contributed by atoms with Crippen LogP contribution >= 0.6 is 0 Å². The van der Waals surface area contributed by atoms with Crippen LogP contribution < -0.4 is 20.1 Å². The first-order valence-corrected chi connectivity index (χ1v) is 10.4. The summed E-state index contributed by atoms with van der Waals surface area (Å²) in [5.74, 6) is 0.238. The summed E-state index contributed by atoms with van der Waals surface area (Å²) in [7, 11) is 4.57. The Kier molecular flexibility index (Phi) is 6.31. The highest BCUT2D eigenvalue weighted by Gasteiger charge is 2.36. The molecule has 0 radical (unpaired) electrons. The molecule has 0 aromatic heterocycles. The zero-order valence-electron chi connectivity index (χ0n) is 18.9. The first-order valence-electron chi connectivity index (χ1n) is 10.4. The van der Waals surface area contributed by atoms with Gasteiger partial charge in [-0.1, -0.05) is 12.1 Å². The number of carbonyl (C=O) groups excluding carboxylic acids is 3. The largest absolute Gasteiger partial charge is 0.497 e. The second-order valence-corrected chi connectivity index (χ2v) is 7.53. The molecular formula is C26H23N3O5. The molecular weight excluding hydrogens is 434 g/mol. The fourth-order valence-corrected chi connectivity index (χ4v) is 3.51. The van der Waals surface area contributed by atoms with Gasteiger partial charge in [-0.25, -0.2) is 0 Å². The number of rotatable bonds is 7. The Bertz CT molecular complexity index is 1260. The van der Waals surface area contributed by atoms with Gasteiger partial charge in [0.2, 0.25) is 0 Å². The summed E-state index contributed by atoms with van der Waals surface area (Å²) in [5.41, 5.74) is 2.70. The number of anilines is 2. The molecule has 8 heteroatoms. The quantitative estimate of drug-likeness (QED) is 0.524. The molecule has 0 aliphatic carbocycles. The third-order valence-electron chi connectivity index (χ3n) is 5.43. The van der Waals surface area contributed by atoms with E-state index in [0.29, 0.717) is 34.0 Å². The third-order valence-corrected chi connectivity index (χ3v) is 5.43. The van der Waals surface area contributed by atoms with E-state index < -0.39 is 11.8 Å². The number of carbonyl (C=O) groups is 3. The van der Waals surface area contributed by atoms with Gasteiger partial charge in [0.05, 0.1) is 19.8 Å². The van der Waals surface area contributed by atoms with E-state index >= 15 is 0 Å². The van der Waals surface area contributed by atoms with E-state index in [1.165, 1.54) is 7.05 Å². The number of nitrogens with zero attached hydrogens (tertiary/aromatic N) is 1. The van der Waals surface area contributed by atoms with Crippen molar-refractivity contribution in [1.82, 2.24) is 4.90 Å². The van der Waals surface area contributed by atoms with Crippen molar-refractivity contribution in [2.24, 2.45) is 0 Å². The molecule has 3 aromatic rings. The summed E-state index contributed by atoms with van der Waals surface area (Å²) in [4.78, 5) is 39.1. The van der Waals surface area contributed by atoms with E-state index in [1.807, 2.05) is 0 Å². The molecule has 3 amide bonds. The Hall–Kier alpha value is -4.59. The van der Waals surface area contributed by atoms with Gasteiger partial charge < -0.3 is 20.1 Å². The molecule has 0 saturated heterocycles. The number of benzene rings is 3. The lowest BCUT2D eigenvalue weighted by atomic mass is 10.0. The van der Waals surface area contributed by atoms with E-state index in [1.54, 1.807) is 87.0 Å². The van der Waals surface area contributed by atoms with Crippen molar-refractivity contribution in [3.05, 3.63) is 89.6 Å². The number of ether oxygens (including phenoxy) is 2. The van der Waals surface area contributed by atoms with Crippen LogP contribution in [0.4, 0.5) is 11.4 Å². The predicted octanol–water partition coefficient (Wildman–Crippen LogP) is 3.78. The Balaban J connectivity index is 1.54. The maximum atomic E-state index is 12.7. The third kappa shape index (κ3) is 4.47. The van der Waals surface area contributed by atoms with E-state index in [2.05, 4.69) is 10.6 Å². The highest BCUT2D eigenvalue weighted by atomic mass is 16.5. The zero-order valence-corrected chi connectivity index (χ0v) is 18.9. The van der Waals surface area contributed by atoms with Crippen LogP contribution in [0.2, 0.25) is 0 Å². The number of imide groups is 1. The van der Waals surface area contributed by atoms with Crippen molar-refractivity contribution in [3.8, 4) is 11.5 Å². The molecule has 172 valence electrons. The molecule has 0 fully saturated rings. The second-order valence-electron chi connectivity index (χ2n) is 7.53. The highest BCUT2D eigenvalue weighted by Crippen LogP contribution is 2.30. The fourth-order valence-electron chi connectivity index (χ4n) is 3.51. The van der Waals surface area contributed by atoms with Gasteiger partial charge in [-0.2, -0.15) is 0 Å². The normalized spacial score (nSPS) is 13.2. The minimum absolute atomic E-state index is 0.174. The van der Waals surface area contributed by atoms with Crippen LogP contribution in [-0.4, -0.2) is 43.9 Å². The van der Waals surface area contributed by atoms with Gasteiger partial charge in [0, 0.05) is 24.0 Å². The molecule has 0 saturated carbocycles. The van der Waals surface area contributed by atoms with Crippen molar-refractivity contribution in [2.45, 2.75) is 0 Å². The molecule has 3 aromatic carbocycles. The smallest absolute Gasteiger partial charge is 0.277 e. The molecule has 1 aliphatic rings. The summed E-state index contributed by atoms with van der Waals surface area (Å²) in [5, 5.41) is 5.87. The van der Waals surface area contributed by atoms with Gasteiger partial charge in [0.15, 0.2) is 0 Å². The van der Waals surface area contributed by atoms with Gasteiger partial charge >= 0.3 is 0 Å². The summed E-state index contributed by atoms with van der Waals surface area (Å²) in [6.45, 7) is 0. The minimum Gasteiger partial charge on any atom is -0.497 e. The van der Waals surface area contributed by atoms with E-state index in [9.17, 15) is 14.4 Å². The molecule has 1 aliphatic heterocycles. The van der Waals surface area contributed by atoms with E-state index in [4.69, 9.17) is 9.47 Å². The molecule has 2 N–H and O–H groups in total.